The molecule has 4 aromatic rings. The fourth-order valence-electron chi connectivity index (χ4n) is 3.18. The van der Waals surface area contributed by atoms with Gasteiger partial charge >= 0.3 is 12.5 Å². The van der Waals surface area contributed by atoms with Crippen LogP contribution < -0.4 is 4.74 Å². The lowest BCUT2D eigenvalue weighted by molar-refractivity contribution is -0.274. The maximum absolute atomic E-state index is 13.2. The van der Waals surface area contributed by atoms with E-state index >= 15 is 0 Å². The minimum atomic E-state index is -4.85. The first-order valence-corrected chi connectivity index (χ1v) is 10.5. The zero-order valence-electron chi connectivity index (χ0n) is 16.8. The van der Waals surface area contributed by atoms with Crippen molar-refractivity contribution < 1.29 is 35.5 Å². The third-order valence-corrected chi connectivity index (χ3v) is 5.25. The first-order chi connectivity index (χ1) is 15.8. The van der Waals surface area contributed by atoms with Gasteiger partial charge in [-0.2, -0.15) is 18.3 Å². The SMILES string of the molecule is Cc1nc(-c2cc(Br)ccc2-n2cc(Cl)c(C(F)(F)F)n2)c(-c2ccc(OC(F)(F)F)cc2)o1. The van der Waals surface area contributed by atoms with Crippen molar-refractivity contribution in [2.45, 2.75) is 19.5 Å². The fraction of sp³-hybridized carbons (Fsp3) is 0.143. The van der Waals surface area contributed by atoms with Gasteiger partial charge in [0.1, 0.15) is 11.4 Å². The Morgan fingerprint density at radius 1 is 1.03 bits per heavy atom. The largest absolute Gasteiger partial charge is 0.573 e. The zero-order chi connectivity index (χ0) is 24.8. The van der Waals surface area contributed by atoms with E-state index in [-0.39, 0.29) is 23.0 Å². The number of benzene rings is 2. The van der Waals surface area contributed by atoms with Crippen molar-refractivity contribution in [1.82, 2.24) is 14.8 Å². The van der Waals surface area contributed by atoms with Crippen LogP contribution in [0.3, 0.4) is 0 Å². The van der Waals surface area contributed by atoms with E-state index in [1.165, 1.54) is 18.2 Å². The minimum absolute atomic E-state index is 0.185. The van der Waals surface area contributed by atoms with Crippen LogP contribution in [0.15, 0.2) is 57.6 Å². The maximum Gasteiger partial charge on any atom is 0.573 e. The third-order valence-electron chi connectivity index (χ3n) is 4.48. The average molecular weight is 567 g/mol. The van der Waals surface area contributed by atoms with Crippen LogP contribution in [0.1, 0.15) is 11.6 Å². The van der Waals surface area contributed by atoms with Crippen molar-refractivity contribution in [3.05, 3.63) is 69.7 Å². The Labute approximate surface area is 201 Å². The number of rotatable bonds is 4. The van der Waals surface area contributed by atoms with E-state index in [1.54, 1.807) is 19.1 Å². The summed E-state index contributed by atoms with van der Waals surface area (Å²) in [5, 5.41) is 3.00. The van der Waals surface area contributed by atoms with Crippen molar-refractivity contribution in [2.24, 2.45) is 0 Å². The number of nitrogens with zero attached hydrogens (tertiary/aromatic N) is 3. The third kappa shape index (κ3) is 5.07. The molecule has 0 unspecified atom stereocenters. The summed E-state index contributed by atoms with van der Waals surface area (Å²) in [4.78, 5) is 4.35. The molecule has 0 aliphatic heterocycles. The van der Waals surface area contributed by atoms with Gasteiger partial charge in [-0.3, -0.25) is 0 Å². The highest BCUT2D eigenvalue weighted by atomic mass is 79.9. The molecule has 0 N–H and O–H groups in total. The monoisotopic (exact) mass is 565 g/mol. The highest BCUT2D eigenvalue weighted by Crippen LogP contribution is 2.39. The van der Waals surface area contributed by atoms with Crippen LogP contribution in [0.4, 0.5) is 26.3 Å². The molecule has 13 heteroatoms. The van der Waals surface area contributed by atoms with Gasteiger partial charge in [0.2, 0.25) is 0 Å². The van der Waals surface area contributed by atoms with Crippen LogP contribution in [0, 0.1) is 6.92 Å². The van der Waals surface area contributed by atoms with E-state index in [4.69, 9.17) is 16.0 Å². The molecule has 0 amide bonds. The topological polar surface area (TPSA) is 53.1 Å². The van der Waals surface area contributed by atoms with Gasteiger partial charge in [0.15, 0.2) is 17.3 Å². The predicted octanol–water partition coefficient (Wildman–Crippen LogP) is 7.84. The number of halogens is 8. The standard InChI is InChI=1S/C21H11BrClF6N3O2/c1-10-30-17(18(33-10)11-2-5-13(6-3-11)34-21(27,28)29)14-8-12(22)4-7-16(14)32-9-15(23)19(31-32)20(24,25)26/h2-9H,1H3. The second-order valence-corrected chi connectivity index (χ2v) is 8.24. The lowest BCUT2D eigenvalue weighted by atomic mass is 10.0. The van der Waals surface area contributed by atoms with Gasteiger partial charge in [-0.25, -0.2) is 9.67 Å². The second kappa shape index (κ2) is 8.66. The molecule has 0 spiro atoms. The van der Waals surface area contributed by atoms with E-state index < -0.39 is 29.0 Å². The Hall–Kier alpha value is -2.99. The highest BCUT2D eigenvalue weighted by Gasteiger charge is 2.37. The van der Waals surface area contributed by atoms with Crippen LogP contribution in [0.25, 0.3) is 28.3 Å². The molecule has 0 bridgehead atoms. The van der Waals surface area contributed by atoms with Crippen molar-refractivity contribution in [3.63, 3.8) is 0 Å². The normalized spacial score (nSPS) is 12.3. The molecule has 178 valence electrons. The number of aryl methyl sites for hydroxylation is 1. The molecule has 0 saturated heterocycles. The van der Waals surface area contributed by atoms with E-state index in [0.29, 0.717) is 15.6 Å². The van der Waals surface area contributed by atoms with Crippen molar-refractivity contribution in [3.8, 4) is 34.0 Å². The van der Waals surface area contributed by atoms with Gasteiger partial charge in [0, 0.05) is 22.5 Å². The second-order valence-electron chi connectivity index (χ2n) is 6.91. The Bertz CT molecular complexity index is 1350. The molecule has 0 aliphatic carbocycles. The summed E-state index contributed by atoms with van der Waals surface area (Å²) in [5.74, 6) is -0.0197. The highest BCUT2D eigenvalue weighted by molar-refractivity contribution is 9.10. The summed E-state index contributed by atoms with van der Waals surface area (Å²) in [6, 6.07) is 9.60. The summed E-state index contributed by atoms with van der Waals surface area (Å²) in [7, 11) is 0. The van der Waals surface area contributed by atoms with Crippen LogP contribution >= 0.6 is 27.5 Å². The van der Waals surface area contributed by atoms with Crippen LogP contribution in [-0.4, -0.2) is 21.1 Å². The van der Waals surface area contributed by atoms with Gasteiger partial charge in [-0.15, -0.1) is 13.2 Å². The quantitative estimate of drug-likeness (QED) is 0.236. The van der Waals surface area contributed by atoms with Crippen molar-refractivity contribution in [2.75, 3.05) is 0 Å². The van der Waals surface area contributed by atoms with E-state index in [9.17, 15) is 26.3 Å². The maximum atomic E-state index is 13.2. The van der Waals surface area contributed by atoms with E-state index in [1.807, 2.05) is 0 Å². The van der Waals surface area contributed by atoms with Crippen LogP contribution in [-0.2, 0) is 6.18 Å². The van der Waals surface area contributed by atoms with Gasteiger partial charge in [-0.05, 0) is 42.5 Å². The Balaban J connectivity index is 1.83. The summed E-state index contributed by atoms with van der Waals surface area (Å²) in [6.45, 7) is 1.55. The molecular weight excluding hydrogens is 556 g/mol. The fourth-order valence-corrected chi connectivity index (χ4v) is 3.78. The molecule has 34 heavy (non-hydrogen) atoms. The summed E-state index contributed by atoms with van der Waals surface area (Å²) in [5.41, 5.74) is -0.0965. The van der Waals surface area contributed by atoms with E-state index in [2.05, 4.69) is 30.7 Å². The lowest BCUT2D eigenvalue weighted by Crippen LogP contribution is -2.16. The van der Waals surface area contributed by atoms with Crippen LogP contribution in [0.2, 0.25) is 5.02 Å². The summed E-state index contributed by atoms with van der Waals surface area (Å²) < 4.78 is 88.1. The average Bonchev–Trinajstić information content (AvgIpc) is 3.30. The first kappa shape index (κ1) is 24.1. The van der Waals surface area contributed by atoms with Crippen molar-refractivity contribution >= 4 is 27.5 Å². The molecular formula is C21H11BrClF6N3O2. The molecule has 0 atom stereocenters. The van der Waals surface area contributed by atoms with Crippen LogP contribution in [0.5, 0.6) is 5.75 Å². The molecule has 0 fully saturated rings. The number of ether oxygens (including phenoxy) is 1. The summed E-state index contributed by atoms with van der Waals surface area (Å²) in [6.07, 6.45) is -8.58. The zero-order valence-corrected chi connectivity index (χ0v) is 19.1. The van der Waals surface area contributed by atoms with E-state index in [0.717, 1.165) is 23.0 Å². The lowest BCUT2D eigenvalue weighted by Gasteiger charge is -2.11. The summed E-state index contributed by atoms with van der Waals surface area (Å²) >= 11 is 9.09. The molecule has 2 aromatic carbocycles. The van der Waals surface area contributed by atoms with Gasteiger partial charge in [-0.1, -0.05) is 27.5 Å². The number of aromatic nitrogens is 3. The Morgan fingerprint density at radius 2 is 1.71 bits per heavy atom. The molecule has 0 saturated carbocycles. The minimum Gasteiger partial charge on any atom is -0.440 e. The number of oxazole rings is 1. The molecule has 0 radical (unpaired) electrons. The molecule has 2 aromatic heterocycles. The molecule has 0 aliphatic rings. The predicted molar refractivity (Wildman–Crippen MR) is 114 cm³/mol. The van der Waals surface area contributed by atoms with Gasteiger partial charge in [0.25, 0.3) is 0 Å². The van der Waals surface area contributed by atoms with Gasteiger partial charge in [0.05, 0.1) is 16.9 Å². The number of hydrogen-bond acceptors (Lipinski definition) is 4. The molecule has 4 rings (SSSR count). The van der Waals surface area contributed by atoms with Crippen molar-refractivity contribution in [1.29, 1.82) is 0 Å². The van der Waals surface area contributed by atoms with Gasteiger partial charge < -0.3 is 9.15 Å². The smallest absolute Gasteiger partial charge is 0.440 e. The first-order valence-electron chi connectivity index (χ1n) is 9.28. The number of hydrogen-bond donors (Lipinski definition) is 0. The Morgan fingerprint density at radius 3 is 2.29 bits per heavy atom. The molecule has 2 heterocycles. The number of alkyl halides is 6. The molecule has 5 nitrogen and oxygen atoms in total. The Kier molecular flexibility index (Phi) is 6.15.